The first kappa shape index (κ1) is 12.9. The Bertz CT molecular complexity index is 317. The Balaban J connectivity index is 2.71. The van der Waals surface area contributed by atoms with Crippen LogP contribution in [-0.2, 0) is 27.0 Å². The second-order valence-electron chi connectivity index (χ2n) is 3.09. The van der Waals surface area contributed by atoms with Crippen LogP contribution in [0.2, 0.25) is 0 Å². The van der Waals surface area contributed by atoms with Crippen LogP contribution in [0.15, 0.2) is 30.3 Å². The Kier molecular flexibility index (Phi) is 5.48. The molecule has 0 aromatic heterocycles. The monoisotopic (exact) mass is 244 g/mol. The standard InChI is InChI=1S/C11H17O2PS/c1-3-12-14(15,13-4-2)10-11-8-6-5-7-9-11/h5-9H,3-4,10H2,1-2H3. The number of rotatable bonds is 6. The van der Waals surface area contributed by atoms with Crippen molar-refractivity contribution in [2.75, 3.05) is 13.2 Å². The highest BCUT2D eigenvalue weighted by molar-refractivity contribution is 8.09. The largest absolute Gasteiger partial charge is 0.329 e. The predicted octanol–water partition coefficient (Wildman–Crippen LogP) is 3.57. The molecular weight excluding hydrogens is 227 g/mol. The van der Waals surface area contributed by atoms with Crippen molar-refractivity contribution >= 4 is 18.3 Å². The third-order valence-electron chi connectivity index (χ3n) is 1.87. The molecule has 0 unspecified atom stereocenters. The van der Waals surface area contributed by atoms with Crippen molar-refractivity contribution in [2.45, 2.75) is 20.0 Å². The zero-order valence-electron chi connectivity index (χ0n) is 9.18. The van der Waals surface area contributed by atoms with Crippen molar-refractivity contribution in [1.82, 2.24) is 0 Å². The number of hydrogen-bond acceptors (Lipinski definition) is 3. The molecule has 0 heterocycles. The molecule has 1 aromatic rings. The van der Waals surface area contributed by atoms with Crippen LogP contribution in [0, 0.1) is 0 Å². The highest BCUT2D eigenvalue weighted by Gasteiger charge is 2.17. The van der Waals surface area contributed by atoms with Gasteiger partial charge in [0.15, 0.2) is 6.49 Å². The molecule has 0 radical (unpaired) electrons. The van der Waals surface area contributed by atoms with Gasteiger partial charge in [-0.15, -0.1) is 0 Å². The fraction of sp³-hybridized carbons (Fsp3) is 0.455. The van der Waals surface area contributed by atoms with Gasteiger partial charge in [-0.05, 0) is 31.2 Å². The van der Waals surface area contributed by atoms with E-state index in [1.165, 1.54) is 5.56 Å². The third kappa shape index (κ3) is 4.43. The minimum Gasteiger partial charge on any atom is -0.329 e. The Morgan fingerprint density at radius 1 is 1.07 bits per heavy atom. The summed E-state index contributed by atoms with van der Waals surface area (Å²) in [4.78, 5) is 0. The summed E-state index contributed by atoms with van der Waals surface area (Å²) in [7, 11) is 0. The van der Waals surface area contributed by atoms with Crippen LogP contribution in [0.4, 0.5) is 0 Å². The van der Waals surface area contributed by atoms with Crippen molar-refractivity contribution in [3.63, 3.8) is 0 Å². The highest BCUT2D eigenvalue weighted by Crippen LogP contribution is 2.51. The van der Waals surface area contributed by atoms with E-state index in [1.807, 2.05) is 32.0 Å². The maximum Gasteiger partial charge on any atom is 0.193 e. The van der Waals surface area contributed by atoms with E-state index in [1.54, 1.807) is 0 Å². The van der Waals surface area contributed by atoms with Crippen molar-refractivity contribution in [3.05, 3.63) is 35.9 Å². The molecular formula is C11H17O2PS. The van der Waals surface area contributed by atoms with Crippen molar-refractivity contribution in [1.29, 1.82) is 0 Å². The van der Waals surface area contributed by atoms with E-state index in [9.17, 15) is 0 Å². The predicted molar refractivity (Wildman–Crippen MR) is 67.7 cm³/mol. The van der Waals surface area contributed by atoms with E-state index in [-0.39, 0.29) is 0 Å². The van der Waals surface area contributed by atoms with Crippen molar-refractivity contribution in [3.8, 4) is 0 Å². The molecule has 0 bridgehead atoms. The van der Waals surface area contributed by atoms with Gasteiger partial charge in [0.05, 0.1) is 13.2 Å². The topological polar surface area (TPSA) is 18.5 Å². The fourth-order valence-electron chi connectivity index (χ4n) is 1.33. The third-order valence-corrected chi connectivity index (χ3v) is 4.95. The van der Waals surface area contributed by atoms with E-state index in [0.717, 1.165) is 0 Å². The molecule has 84 valence electrons. The van der Waals surface area contributed by atoms with Crippen LogP contribution in [-0.4, -0.2) is 13.2 Å². The van der Waals surface area contributed by atoms with Gasteiger partial charge in [-0.1, -0.05) is 30.3 Å². The summed E-state index contributed by atoms with van der Waals surface area (Å²) in [5, 5.41) is 0. The lowest BCUT2D eigenvalue weighted by atomic mass is 10.2. The molecule has 0 saturated heterocycles. The summed E-state index contributed by atoms with van der Waals surface area (Å²) in [6.45, 7) is 3.02. The molecule has 0 atom stereocenters. The van der Waals surface area contributed by atoms with E-state index >= 15 is 0 Å². The first-order chi connectivity index (χ1) is 7.20. The lowest BCUT2D eigenvalue weighted by Gasteiger charge is -2.20. The first-order valence-corrected chi connectivity index (χ1v) is 7.94. The first-order valence-electron chi connectivity index (χ1n) is 5.12. The van der Waals surface area contributed by atoms with Crippen LogP contribution in [0.5, 0.6) is 0 Å². The van der Waals surface area contributed by atoms with E-state index < -0.39 is 6.49 Å². The number of hydrogen-bond donors (Lipinski definition) is 0. The highest BCUT2D eigenvalue weighted by atomic mass is 32.5. The molecule has 0 aliphatic rings. The fourth-order valence-corrected chi connectivity index (χ4v) is 4.11. The summed E-state index contributed by atoms with van der Waals surface area (Å²) in [5.74, 6) is 0. The molecule has 0 aliphatic carbocycles. The minimum atomic E-state index is -2.11. The van der Waals surface area contributed by atoms with E-state index in [4.69, 9.17) is 20.9 Å². The lowest BCUT2D eigenvalue weighted by molar-refractivity contribution is 0.266. The minimum absolute atomic E-state index is 0.615. The van der Waals surface area contributed by atoms with Gasteiger partial charge in [0.2, 0.25) is 0 Å². The maximum atomic E-state index is 5.58. The molecule has 0 N–H and O–H groups in total. The van der Waals surface area contributed by atoms with Gasteiger partial charge >= 0.3 is 0 Å². The van der Waals surface area contributed by atoms with Crippen LogP contribution in [0.3, 0.4) is 0 Å². The van der Waals surface area contributed by atoms with Gasteiger partial charge in [0.25, 0.3) is 0 Å². The van der Waals surface area contributed by atoms with Crippen LogP contribution < -0.4 is 0 Å². The molecule has 4 heteroatoms. The van der Waals surface area contributed by atoms with E-state index in [2.05, 4.69) is 12.1 Å². The molecule has 1 rings (SSSR count). The van der Waals surface area contributed by atoms with Gasteiger partial charge in [-0.2, -0.15) is 0 Å². The summed E-state index contributed by atoms with van der Waals surface area (Å²) in [5.41, 5.74) is 1.18. The Morgan fingerprint density at radius 3 is 2.07 bits per heavy atom. The molecule has 2 nitrogen and oxygen atoms in total. The Labute approximate surface area is 96.8 Å². The summed E-state index contributed by atoms with van der Waals surface area (Å²) < 4.78 is 11.2. The normalized spacial score (nSPS) is 11.6. The molecule has 1 aromatic carbocycles. The van der Waals surface area contributed by atoms with Crippen LogP contribution in [0.25, 0.3) is 0 Å². The van der Waals surface area contributed by atoms with Gasteiger partial charge in [0.1, 0.15) is 0 Å². The van der Waals surface area contributed by atoms with E-state index in [0.29, 0.717) is 19.4 Å². The quantitative estimate of drug-likeness (QED) is 0.713. The average Bonchev–Trinajstić information content (AvgIpc) is 2.19. The smallest absolute Gasteiger partial charge is 0.193 e. The average molecular weight is 244 g/mol. The van der Waals surface area contributed by atoms with Gasteiger partial charge < -0.3 is 9.05 Å². The van der Waals surface area contributed by atoms with Crippen molar-refractivity contribution in [2.24, 2.45) is 0 Å². The molecule has 0 amide bonds. The zero-order valence-corrected chi connectivity index (χ0v) is 10.9. The van der Waals surface area contributed by atoms with Crippen molar-refractivity contribution < 1.29 is 9.05 Å². The zero-order chi connectivity index (χ0) is 11.1. The molecule has 0 spiro atoms. The Morgan fingerprint density at radius 2 is 1.60 bits per heavy atom. The van der Waals surface area contributed by atoms with Gasteiger partial charge in [-0.25, -0.2) is 0 Å². The number of benzene rings is 1. The second-order valence-corrected chi connectivity index (χ2v) is 6.81. The maximum absolute atomic E-state index is 5.58. The molecule has 0 saturated carbocycles. The molecule has 15 heavy (non-hydrogen) atoms. The summed E-state index contributed by atoms with van der Waals surface area (Å²) >= 11 is 5.45. The summed E-state index contributed by atoms with van der Waals surface area (Å²) in [6.07, 6.45) is 0.713. The lowest BCUT2D eigenvalue weighted by Crippen LogP contribution is -1.98. The Hall–Kier alpha value is -0.210. The van der Waals surface area contributed by atoms with Crippen LogP contribution >= 0.6 is 6.49 Å². The van der Waals surface area contributed by atoms with Crippen LogP contribution in [0.1, 0.15) is 19.4 Å². The van der Waals surface area contributed by atoms with Gasteiger partial charge in [0, 0.05) is 6.16 Å². The SMILES string of the molecule is CCOP(=S)(Cc1ccccc1)OCC. The molecule has 0 aliphatic heterocycles. The second kappa shape index (κ2) is 6.39. The van der Waals surface area contributed by atoms with Gasteiger partial charge in [-0.3, -0.25) is 0 Å². The summed E-state index contributed by atoms with van der Waals surface area (Å²) in [6, 6.07) is 10.1. The molecule has 0 fully saturated rings.